The summed E-state index contributed by atoms with van der Waals surface area (Å²) >= 11 is 0. The second-order valence-electron chi connectivity index (χ2n) is 6.20. The summed E-state index contributed by atoms with van der Waals surface area (Å²) in [7, 11) is 0. The van der Waals surface area contributed by atoms with Crippen molar-refractivity contribution in [2.75, 3.05) is 18.5 Å². The molecule has 0 radical (unpaired) electrons. The van der Waals surface area contributed by atoms with Crippen LogP contribution in [0.3, 0.4) is 0 Å². The Morgan fingerprint density at radius 2 is 2.07 bits per heavy atom. The van der Waals surface area contributed by atoms with E-state index < -0.39 is 12.0 Å². The zero-order chi connectivity index (χ0) is 20.5. The van der Waals surface area contributed by atoms with Crippen LogP contribution >= 0.6 is 0 Å². The van der Waals surface area contributed by atoms with E-state index in [1.165, 1.54) is 0 Å². The summed E-state index contributed by atoms with van der Waals surface area (Å²) in [4.78, 5) is 12.1. The Hall–Kier alpha value is -3.30. The van der Waals surface area contributed by atoms with Crippen LogP contribution in [0.4, 0.5) is 5.69 Å². The van der Waals surface area contributed by atoms with E-state index in [4.69, 9.17) is 15.1 Å². The summed E-state index contributed by atoms with van der Waals surface area (Å²) in [5, 5.41) is 31.0. The third-order valence-electron chi connectivity index (χ3n) is 4.25. The van der Waals surface area contributed by atoms with E-state index in [9.17, 15) is 9.90 Å². The van der Waals surface area contributed by atoms with Gasteiger partial charge in [-0.05, 0) is 54.3 Å². The number of hydrogen-bond donors (Lipinski definition) is 3. The van der Waals surface area contributed by atoms with Crippen LogP contribution in [0.2, 0.25) is 0 Å². The van der Waals surface area contributed by atoms with E-state index in [1.807, 2.05) is 25.1 Å². The highest BCUT2D eigenvalue weighted by atomic mass is 16.5. The van der Waals surface area contributed by atoms with Crippen molar-refractivity contribution in [3.63, 3.8) is 0 Å². The molecule has 0 aliphatic rings. The van der Waals surface area contributed by atoms with Crippen LogP contribution in [-0.4, -0.2) is 29.4 Å². The van der Waals surface area contributed by atoms with E-state index in [1.54, 1.807) is 30.3 Å². The van der Waals surface area contributed by atoms with E-state index in [0.717, 1.165) is 17.5 Å². The molecule has 28 heavy (non-hydrogen) atoms. The quantitative estimate of drug-likeness (QED) is 0.546. The standard InChI is InChI=1S/C22H24N2O4/c1-3-5-17-12-15(4-2)13-19(21(17)28-11-10-25)20(22(26)27)24-18-8-6-16(14-23)7-9-18/h3,6-9,12-13,20,24-25H,1,4-5,10-11H2,2H3,(H,26,27). The lowest BCUT2D eigenvalue weighted by Crippen LogP contribution is -2.22. The molecule has 0 saturated heterocycles. The first-order valence-electron chi connectivity index (χ1n) is 9.03. The number of benzene rings is 2. The van der Waals surface area contributed by atoms with E-state index in [0.29, 0.717) is 29.0 Å². The summed E-state index contributed by atoms with van der Waals surface area (Å²) in [6, 6.07) is 11.3. The Labute approximate surface area is 164 Å². The number of nitriles is 1. The fraction of sp³-hybridized carbons (Fsp3) is 0.273. The summed E-state index contributed by atoms with van der Waals surface area (Å²) in [5.41, 5.74) is 3.36. The molecule has 0 heterocycles. The number of nitrogens with one attached hydrogen (secondary N) is 1. The van der Waals surface area contributed by atoms with E-state index in [-0.39, 0.29) is 13.2 Å². The Morgan fingerprint density at radius 3 is 2.61 bits per heavy atom. The molecule has 6 nitrogen and oxygen atoms in total. The highest BCUT2D eigenvalue weighted by Gasteiger charge is 2.26. The molecule has 0 bridgehead atoms. The Bertz CT molecular complexity index is 869. The summed E-state index contributed by atoms with van der Waals surface area (Å²) < 4.78 is 5.73. The molecule has 6 heteroatoms. The maximum Gasteiger partial charge on any atom is 0.330 e. The van der Waals surface area contributed by atoms with Crippen molar-refractivity contribution in [2.45, 2.75) is 25.8 Å². The van der Waals surface area contributed by atoms with Crippen molar-refractivity contribution >= 4 is 11.7 Å². The van der Waals surface area contributed by atoms with Gasteiger partial charge in [0.15, 0.2) is 6.04 Å². The molecular weight excluding hydrogens is 356 g/mol. The summed E-state index contributed by atoms with van der Waals surface area (Å²) in [5.74, 6) is -0.615. The monoisotopic (exact) mass is 380 g/mol. The third kappa shape index (κ3) is 5.12. The van der Waals surface area contributed by atoms with Crippen molar-refractivity contribution in [1.82, 2.24) is 0 Å². The van der Waals surface area contributed by atoms with Crippen LogP contribution in [-0.2, 0) is 17.6 Å². The smallest absolute Gasteiger partial charge is 0.330 e. The van der Waals surface area contributed by atoms with Gasteiger partial charge in [-0.3, -0.25) is 0 Å². The van der Waals surface area contributed by atoms with E-state index in [2.05, 4.69) is 11.9 Å². The minimum Gasteiger partial charge on any atom is -0.491 e. The normalized spacial score (nSPS) is 11.3. The molecule has 0 aromatic heterocycles. The first-order chi connectivity index (χ1) is 13.5. The van der Waals surface area contributed by atoms with Gasteiger partial charge >= 0.3 is 5.97 Å². The van der Waals surface area contributed by atoms with Gasteiger partial charge in [0.2, 0.25) is 0 Å². The van der Waals surface area contributed by atoms with Gasteiger partial charge in [0, 0.05) is 11.3 Å². The summed E-state index contributed by atoms with van der Waals surface area (Å²) in [6.45, 7) is 5.64. The lowest BCUT2D eigenvalue weighted by atomic mass is 9.95. The van der Waals surface area contributed by atoms with Crippen LogP contribution in [0, 0.1) is 11.3 Å². The Balaban J connectivity index is 2.53. The number of aliphatic hydroxyl groups is 1. The Kier molecular flexibility index (Phi) is 7.61. The third-order valence-corrected chi connectivity index (χ3v) is 4.25. The molecule has 3 N–H and O–H groups in total. The van der Waals surface area contributed by atoms with Gasteiger partial charge in [-0.1, -0.05) is 19.1 Å². The minimum atomic E-state index is -1.06. The largest absolute Gasteiger partial charge is 0.491 e. The van der Waals surface area contributed by atoms with Gasteiger partial charge < -0.3 is 20.3 Å². The SMILES string of the molecule is C=CCc1cc(CC)cc(C(Nc2ccc(C#N)cc2)C(=O)O)c1OCCO. The predicted octanol–water partition coefficient (Wildman–Crippen LogP) is 3.46. The first-order valence-corrected chi connectivity index (χ1v) is 9.03. The van der Waals surface area contributed by atoms with Crippen molar-refractivity contribution in [3.8, 4) is 11.8 Å². The maximum atomic E-state index is 12.1. The van der Waals surface area contributed by atoms with Crippen molar-refractivity contribution in [1.29, 1.82) is 5.26 Å². The average molecular weight is 380 g/mol. The van der Waals surface area contributed by atoms with Gasteiger partial charge in [-0.15, -0.1) is 6.58 Å². The molecule has 1 atom stereocenters. The number of carboxylic acid groups (broad SMARTS) is 1. The van der Waals surface area contributed by atoms with Crippen LogP contribution in [0.1, 0.15) is 35.2 Å². The van der Waals surface area contributed by atoms with Gasteiger partial charge in [0.25, 0.3) is 0 Å². The van der Waals surface area contributed by atoms with Crippen molar-refractivity contribution < 1.29 is 19.7 Å². The number of carbonyl (C=O) groups is 1. The number of aliphatic hydroxyl groups excluding tert-OH is 1. The number of aliphatic carboxylic acids is 1. The molecule has 2 rings (SSSR count). The minimum absolute atomic E-state index is 0.0613. The molecule has 0 aliphatic carbocycles. The van der Waals surface area contributed by atoms with Crippen LogP contribution in [0.15, 0.2) is 49.1 Å². The van der Waals surface area contributed by atoms with Crippen LogP contribution in [0.5, 0.6) is 5.75 Å². The van der Waals surface area contributed by atoms with E-state index >= 15 is 0 Å². The number of rotatable bonds is 10. The van der Waals surface area contributed by atoms with Gasteiger partial charge in [-0.2, -0.15) is 5.26 Å². The maximum absolute atomic E-state index is 12.1. The predicted molar refractivity (Wildman–Crippen MR) is 107 cm³/mol. The molecule has 0 amide bonds. The number of allylic oxidation sites excluding steroid dienone is 1. The number of nitrogens with zero attached hydrogens (tertiary/aromatic N) is 1. The lowest BCUT2D eigenvalue weighted by Gasteiger charge is -2.23. The molecule has 0 fully saturated rings. The molecule has 0 saturated carbocycles. The molecule has 0 aliphatic heterocycles. The number of hydrogen-bond acceptors (Lipinski definition) is 5. The van der Waals surface area contributed by atoms with Gasteiger partial charge in [0.05, 0.1) is 18.2 Å². The molecule has 146 valence electrons. The first kappa shape index (κ1) is 21.0. The fourth-order valence-corrected chi connectivity index (χ4v) is 2.91. The molecule has 2 aromatic carbocycles. The average Bonchev–Trinajstić information content (AvgIpc) is 2.71. The fourth-order valence-electron chi connectivity index (χ4n) is 2.91. The zero-order valence-corrected chi connectivity index (χ0v) is 15.8. The molecule has 2 aromatic rings. The van der Waals surface area contributed by atoms with Gasteiger partial charge in [-0.25, -0.2) is 4.79 Å². The highest BCUT2D eigenvalue weighted by Crippen LogP contribution is 2.34. The number of carboxylic acids is 1. The molecular formula is C22H24N2O4. The zero-order valence-electron chi connectivity index (χ0n) is 15.8. The topological polar surface area (TPSA) is 103 Å². The van der Waals surface area contributed by atoms with Crippen molar-refractivity contribution in [3.05, 3.63) is 71.3 Å². The highest BCUT2D eigenvalue weighted by molar-refractivity contribution is 5.81. The summed E-state index contributed by atoms with van der Waals surface area (Å²) in [6.07, 6.45) is 2.99. The number of ether oxygens (including phenoxy) is 1. The van der Waals surface area contributed by atoms with Crippen molar-refractivity contribution in [2.24, 2.45) is 0 Å². The number of anilines is 1. The second-order valence-corrected chi connectivity index (χ2v) is 6.20. The van der Waals surface area contributed by atoms with Crippen LogP contribution < -0.4 is 10.1 Å². The number of aryl methyl sites for hydroxylation is 1. The Morgan fingerprint density at radius 1 is 1.36 bits per heavy atom. The van der Waals surface area contributed by atoms with Crippen LogP contribution in [0.25, 0.3) is 0 Å². The van der Waals surface area contributed by atoms with Gasteiger partial charge in [0.1, 0.15) is 12.4 Å². The molecule has 1 unspecified atom stereocenters. The lowest BCUT2D eigenvalue weighted by molar-refractivity contribution is -0.138. The molecule has 0 spiro atoms. The second kappa shape index (κ2) is 10.1.